The Morgan fingerprint density at radius 2 is 1.79 bits per heavy atom. The number of carbonyl (C=O) groups excluding carboxylic acids is 1. The van der Waals surface area contributed by atoms with E-state index in [1.165, 1.54) is 6.42 Å². The number of hydrogen-bond acceptors (Lipinski definition) is 6. The van der Waals surface area contributed by atoms with E-state index in [-0.39, 0.29) is 5.91 Å². The third-order valence-electron chi connectivity index (χ3n) is 6.94. The van der Waals surface area contributed by atoms with Gasteiger partial charge in [0, 0.05) is 54.4 Å². The molecule has 174 valence electrons. The number of nitrogens with one attached hydrogen (secondary N) is 2. The van der Waals surface area contributed by atoms with Gasteiger partial charge in [-0.25, -0.2) is 9.50 Å². The summed E-state index contributed by atoms with van der Waals surface area (Å²) in [6, 6.07) is 8.43. The smallest absolute Gasteiger partial charge is 0.253 e. The summed E-state index contributed by atoms with van der Waals surface area (Å²) in [7, 11) is 0. The fourth-order valence-electron chi connectivity index (χ4n) is 4.89. The third kappa shape index (κ3) is 4.66. The molecule has 4 N–H and O–H groups in total. The predicted octanol–water partition coefficient (Wildman–Crippen LogP) is 4.09. The normalized spacial score (nSPS) is 21.2. The second-order valence-electron chi connectivity index (χ2n) is 9.36. The summed E-state index contributed by atoms with van der Waals surface area (Å²) in [6.07, 6.45) is 11.2. The molecule has 1 saturated heterocycles. The number of hydrogen-bond donors (Lipinski definition) is 3. The molecule has 8 heteroatoms. The van der Waals surface area contributed by atoms with Gasteiger partial charge in [-0.2, -0.15) is 0 Å². The number of imidazole rings is 1. The molecule has 1 aromatic carbocycles. The van der Waals surface area contributed by atoms with Crippen LogP contribution in [0, 0.1) is 6.92 Å². The van der Waals surface area contributed by atoms with E-state index in [2.05, 4.69) is 22.5 Å². The molecule has 1 aliphatic carbocycles. The fourth-order valence-corrected chi connectivity index (χ4v) is 4.89. The minimum Gasteiger partial charge on any atom is -0.366 e. The van der Waals surface area contributed by atoms with Crippen molar-refractivity contribution in [3.8, 4) is 0 Å². The standard InChI is InChI=1S/C25H33N7O/c1-17-22(28-20-9-5-18(6-10-20)25(33)31-14-3-2-4-15-31)24-27-13-16-32(24)30-23(17)29-21-11-7-19(26)8-12-21/h5-6,9-10,13,16,19,21,28H,2-4,7-8,11-12,14-15,26H2,1H3,(H,29,30). The molecule has 8 nitrogen and oxygen atoms in total. The molecule has 0 unspecified atom stereocenters. The molecule has 1 aliphatic heterocycles. The van der Waals surface area contributed by atoms with E-state index in [0.29, 0.717) is 12.1 Å². The summed E-state index contributed by atoms with van der Waals surface area (Å²) in [6.45, 7) is 3.78. The Labute approximate surface area is 194 Å². The van der Waals surface area contributed by atoms with Crippen LogP contribution in [-0.2, 0) is 0 Å². The lowest BCUT2D eigenvalue weighted by Gasteiger charge is -2.28. The third-order valence-corrected chi connectivity index (χ3v) is 6.94. The van der Waals surface area contributed by atoms with Gasteiger partial charge in [0.1, 0.15) is 0 Å². The van der Waals surface area contributed by atoms with Crippen molar-refractivity contribution in [1.82, 2.24) is 19.5 Å². The first-order valence-corrected chi connectivity index (χ1v) is 12.1. The van der Waals surface area contributed by atoms with Crippen molar-refractivity contribution < 1.29 is 4.79 Å². The van der Waals surface area contributed by atoms with Crippen LogP contribution in [0.25, 0.3) is 5.65 Å². The average molecular weight is 448 g/mol. The lowest BCUT2D eigenvalue weighted by molar-refractivity contribution is 0.0724. The van der Waals surface area contributed by atoms with Gasteiger partial charge in [0.05, 0.1) is 5.69 Å². The summed E-state index contributed by atoms with van der Waals surface area (Å²) in [5, 5.41) is 11.9. The van der Waals surface area contributed by atoms with Crippen molar-refractivity contribution in [2.24, 2.45) is 5.73 Å². The Morgan fingerprint density at radius 3 is 2.52 bits per heavy atom. The monoisotopic (exact) mass is 447 g/mol. The van der Waals surface area contributed by atoms with Crippen molar-refractivity contribution in [3.05, 3.63) is 47.8 Å². The first-order chi connectivity index (χ1) is 16.1. The highest BCUT2D eigenvalue weighted by atomic mass is 16.2. The van der Waals surface area contributed by atoms with Crippen LogP contribution in [0.2, 0.25) is 0 Å². The minimum absolute atomic E-state index is 0.121. The minimum atomic E-state index is 0.121. The number of anilines is 3. The molecule has 33 heavy (non-hydrogen) atoms. The van der Waals surface area contributed by atoms with Crippen molar-refractivity contribution in [2.75, 3.05) is 23.7 Å². The zero-order valence-electron chi connectivity index (χ0n) is 19.3. The van der Waals surface area contributed by atoms with E-state index in [1.807, 2.05) is 35.4 Å². The highest BCUT2D eigenvalue weighted by Gasteiger charge is 2.22. The number of piperidine rings is 1. The second-order valence-corrected chi connectivity index (χ2v) is 9.36. The molecule has 2 aromatic heterocycles. The maximum absolute atomic E-state index is 12.8. The number of benzene rings is 1. The van der Waals surface area contributed by atoms with Crippen molar-refractivity contribution in [1.29, 1.82) is 0 Å². The molecule has 5 rings (SSSR count). The molecule has 0 radical (unpaired) electrons. The largest absolute Gasteiger partial charge is 0.366 e. The molecule has 0 bridgehead atoms. The van der Waals surface area contributed by atoms with Crippen molar-refractivity contribution in [2.45, 2.75) is 64.0 Å². The van der Waals surface area contributed by atoms with Crippen LogP contribution in [0.4, 0.5) is 17.2 Å². The van der Waals surface area contributed by atoms with Gasteiger partial charge < -0.3 is 21.3 Å². The molecule has 1 amide bonds. The van der Waals surface area contributed by atoms with Crippen LogP contribution in [0.3, 0.4) is 0 Å². The Bertz CT molecular complexity index is 1110. The summed E-state index contributed by atoms with van der Waals surface area (Å²) < 4.78 is 1.81. The molecular formula is C25H33N7O. The number of nitrogens with two attached hydrogens (primary N) is 1. The molecule has 2 aliphatic rings. The van der Waals surface area contributed by atoms with Crippen molar-refractivity contribution >= 4 is 28.7 Å². The van der Waals surface area contributed by atoms with Crippen LogP contribution in [0.15, 0.2) is 36.7 Å². The van der Waals surface area contributed by atoms with Gasteiger partial charge in [-0.1, -0.05) is 0 Å². The summed E-state index contributed by atoms with van der Waals surface area (Å²) in [5.41, 5.74) is 10.4. The van der Waals surface area contributed by atoms with E-state index in [1.54, 1.807) is 10.7 Å². The number of likely N-dealkylation sites (tertiary alicyclic amines) is 1. The Hall–Kier alpha value is -3.13. The Kier molecular flexibility index (Phi) is 6.17. The Morgan fingerprint density at radius 1 is 1.06 bits per heavy atom. The van der Waals surface area contributed by atoms with Gasteiger partial charge in [0.15, 0.2) is 11.5 Å². The number of amides is 1. The maximum Gasteiger partial charge on any atom is 0.253 e. The van der Waals surface area contributed by atoms with E-state index in [4.69, 9.17) is 10.8 Å². The van der Waals surface area contributed by atoms with E-state index < -0.39 is 0 Å². The number of carbonyl (C=O) groups is 1. The maximum atomic E-state index is 12.8. The molecule has 3 heterocycles. The van der Waals surface area contributed by atoms with Gasteiger partial charge in [0.25, 0.3) is 5.91 Å². The second kappa shape index (κ2) is 9.39. The summed E-state index contributed by atoms with van der Waals surface area (Å²) >= 11 is 0. The van der Waals surface area contributed by atoms with Crippen LogP contribution < -0.4 is 16.4 Å². The van der Waals surface area contributed by atoms with Crippen LogP contribution >= 0.6 is 0 Å². The first-order valence-electron chi connectivity index (χ1n) is 12.1. The SMILES string of the molecule is Cc1c(NC2CCC(N)CC2)nn2ccnc2c1Nc1ccc(C(=O)N2CCCCC2)cc1. The van der Waals surface area contributed by atoms with Gasteiger partial charge in [-0.05, 0) is 76.1 Å². The van der Waals surface area contributed by atoms with Gasteiger partial charge >= 0.3 is 0 Å². The zero-order valence-corrected chi connectivity index (χ0v) is 19.3. The average Bonchev–Trinajstić information content (AvgIpc) is 3.32. The quantitative estimate of drug-likeness (QED) is 0.545. The molecular weight excluding hydrogens is 414 g/mol. The van der Waals surface area contributed by atoms with Gasteiger partial charge in [0.2, 0.25) is 0 Å². The molecule has 3 aromatic rings. The fraction of sp³-hybridized carbons (Fsp3) is 0.480. The topological polar surface area (TPSA) is 101 Å². The van der Waals surface area contributed by atoms with Crippen LogP contribution in [0.1, 0.15) is 60.9 Å². The lowest BCUT2D eigenvalue weighted by atomic mass is 9.92. The predicted molar refractivity (Wildman–Crippen MR) is 131 cm³/mol. The first kappa shape index (κ1) is 21.7. The highest BCUT2D eigenvalue weighted by Crippen LogP contribution is 2.31. The van der Waals surface area contributed by atoms with Crippen LogP contribution in [-0.4, -0.2) is 50.6 Å². The van der Waals surface area contributed by atoms with E-state index in [0.717, 1.165) is 85.6 Å². The zero-order chi connectivity index (χ0) is 22.8. The van der Waals surface area contributed by atoms with E-state index in [9.17, 15) is 4.79 Å². The highest BCUT2D eigenvalue weighted by molar-refractivity contribution is 5.94. The lowest BCUT2D eigenvalue weighted by Crippen LogP contribution is -2.35. The van der Waals surface area contributed by atoms with E-state index >= 15 is 0 Å². The van der Waals surface area contributed by atoms with Gasteiger partial charge in [-0.3, -0.25) is 4.79 Å². The van der Waals surface area contributed by atoms with Gasteiger partial charge in [-0.15, -0.1) is 5.10 Å². The number of rotatable bonds is 5. The number of fused-ring (bicyclic) bond motifs is 1. The Balaban J connectivity index is 1.36. The molecule has 1 saturated carbocycles. The summed E-state index contributed by atoms with van der Waals surface area (Å²) in [5.74, 6) is 0.982. The molecule has 0 atom stereocenters. The molecule has 0 spiro atoms. The van der Waals surface area contributed by atoms with Crippen molar-refractivity contribution in [3.63, 3.8) is 0 Å². The molecule has 2 fully saturated rings. The number of aromatic nitrogens is 3. The van der Waals surface area contributed by atoms with Crippen LogP contribution in [0.5, 0.6) is 0 Å². The summed E-state index contributed by atoms with van der Waals surface area (Å²) in [4.78, 5) is 19.3. The number of nitrogens with zero attached hydrogens (tertiary/aromatic N) is 4.